The van der Waals surface area contributed by atoms with Gasteiger partial charge in [0.1, 0.15) is 5.82 Å². The van der Waals surface area contributed by atoms with Crippen LogP contribution in [0.5, 0.6) is 11.5 Å². The summed E-state index contributed by atoms with van der Waals surface area (Å²) in [6.45, 7) is 2.26. The third-order valence-corrected chi connectivity index (χ3v) is 4.14. The highest BCUT2D eigenvalue weighted by Gasteiger charge is 2.30. The predicted molar refractivity (Wildman–Crippen MR) is 88.8 cm³/mol. The summed E-state index contributed by atoms with van der Waals surface area (Å²) in [6, 6.07) is 2.75. The lowest BCUT2D eigenvalue weighted by atomic mass is 9.79. The number of halogens is 2. The molecule has 0 unspecified atom stereocenters. The van der Waals surface area contributed by atoms with Crippen LogP contribution < -0.4 is 9.47 Å². The van der Waals surface area contributed by atoms with E-state index in [0.717, 1.165) is 11.6 Å². The Morgan fingerprint density at radius 2 is 2.16 bits per heavy atom. The van der Waals surface area contributed by atoms with Crippen LogP contribution in [-0.2, 0) is 4.65 Å². The zero-order chi connectivity index (χ0) is 18.0. The SMILES string of the molecule is CCOc1c(OC)cc(F)c(-c2cncc([C@H]3COB(O)C3)c2)c1F. The maximum absolute atomic E-state index is 14.9. The molecule has 0 bridgehead atoms. The lowest BCUT2D eigenvalue weighted by Gasteiger charge is -2.15. The van der Waals surface area contributed by atoms with Gasteiger partial charge in [0.15, 0.2) is 17.3 Å². The van der Waals surface area contributed by atoms with Crippen molar-refractivity contribution < 1.29 is 27.9 Å². The number of pyridine rings is 1. The van der Waals surface area contributed by atoms with Crippen molar-refractivity contribution in [1.82, 2.24) is 4.98 Å². The van der Waals surface area contributed by atoms with E-state index < -0.39 is 18.8 Å². The Balaban J connectivity index is 2.05. The zero-order valence-corrected chi connectivity index (χ0v) is 14.0. The lowest BCUT2D eigenvalue weighted by Crippen LogP contribution is -2.07. The fourth-order valence-corrected chi connectivity index (χ4v) is 2.93. The largest absolute Gasteiger partial charge is 0.493 e. The first kappa shape index (κ1) is 17.6. The van der Waals surface area contributed by atoms with Gasteiger partial charge in [-0.25, -0.2) is 8.78 Å². The van der Waals surface area contributed by atoms with Crippen molar-refractivity contribution in [3.8, 4) is 22.6 Å². The van der Waals surface area contributed by atoms with Gasteiger partial charge in [-0.1, -0.05) is 0 Å². The fourth-order valence-electron chi connectivity index (χ4n) is 2.93. The van der Waals surface area contributed by atoms with Gasteiger partial charge in [-0.05, 0) is 24.9 Å². The number of rotatable bonds is 5. The Bertz CT molecular complexity index is 775. The van der Waals surface area contributed by atoms with Gasteiger partial charge in [0, 0.05) is 36.5 Å². The highest BCUT2D eigenvalue weighted by atomic mass is 19.1. The number of hydrogen-bond acceptors (Lipinski definition) is 5. The van der Waals surface area contributed by atoms with Gasteiger partial charge in [-0.3, -0.25) is 4.98 Å². The Morgan fingerprint density at radius 3 is 2.80 bits per heavy atom. The Labute approximate surface area is 144 Å². The minimum Gasteiger partial charge on any atom is -0.493 e. The van der Waals surface area contributed by atoms with E-state index in [4.69, 9.17) is 14.1 Å². The van der Waals surface area contributed by atoms with Crippen LogP contribution in [0.4, 0.5) is 8.78 Å². The van der Waals surface area contributed by atoms with E-state index in [1.165, 1.54) is 13.3 Å². The molecule has 5 nitrogen and oxygen atoms in total. The lowest BCUT2D eigenvalue weighted by molar-refractivity contribution is 0.292. The molecule has 1 aromatic carbocycles. The standard InChI is InChI=1S/C17H18BF2NO4/c1-3-24-17-14(23-2)5-13(19)15(16(17)20)11-4-10(7-21-8-11)12-6-18(22)25-9-12/h4-5,7-8,12,22H,3,6,9H2,1-2H3/t12-/m1/s1. The monoisotopic (exact) mass is 349 g/mol. The van der Waals surface area contributed by atoms with Gasteiger partial charge < -0.3 is 19.2 Å². The van der Waals surface area contributed by atoms with E-state index in [9.17, 15) is 13.8 Å². The van der Waals surface area contributed by atoms with Gasteiger partial charge in [0.05, 0.1) is 19.3 Å². The van der Waals surface area contributed by atoms with Crippen molar-refractivity contribution in [2.45, 2.75) is 19.2 Å². The molecule has 25 heavy (non-hydrogen) atoms. The summed E-state index contributed by atoms with van der Waals surface area (Å²) in [7, 11) is 0.497. The van der Waals surface area contributed by atoms with Crippen LogP contribution >= 0.6 is 0 Å². The fraction of sp³-hybridized carbons (Fsp3) is 0.353. The summed E-state index contributed by atoms with van der Waals surface area (Å²) in [6.07, 6.45) is 3.42. The average molecular weight is 349 g/mol. The van der Waals surface area contributed by atoms with E-state index in [1.54, 1.807) is 19.2 Å². The van der Waals surface area contributed by atoms with Crippen molar-refractivity contribution >= 4 is 7.12 Å². The molecule has 2 heterocycles. The second-order valence-electron chi connectivity index (χ2n) is 5.74. The number of nitrogens with zero attached hydrogens (tertiary/aromatic N) is 1. The van der Waals surface area contributed by atoms with Crippen LogP contribution in [0.3, 0.4) is 0 Å². The summed E-state index contributed by atoms with van der Waals surface area (Å²) in [4.78, 5) is 4.09. The molecule has 1 aromatic heterocycles. The van der Waals surface area contributed by atoms with Crippen molar-refractivity contribution in [1.29, 1.82) is 0 Å². The van der Waals surface area contributed by atoms with Crippen molar-refractivity contribution in [2.75, 3.05) is 20.3 Å². The molecular formula is C17H18BF2NO4. The molecule has 0 aliphatic carbocycles. The van der Waals surface area contributed by atoms with Gasteiger partial charge in [-0.2, -0.15) is 0 Å². The van der Waals surface area contributed by atoms with Gasteiger partial charge in [0.2, 0.25) is 0 Å². The molecule has 3 rings (SSSR count). The van der Waals surface area contributed by atoms with E-state index in [0.29, 0.717) is 12.9 Å². The highest BCUT2D eigenvalue weighted by molar-refractivity contribution is 6.43. The summed E-state index contributed by atoms with van der Waals surface area (Å²) in [5.74, 6) is -1.80. The van der Waals surface area contributed by atoms with E-state index >= 15 is 0 Å². The van der Waals surface area contributed by atoms with Gasteiger partial charge >= 0.3 is 7.12 Å². The molecule has 1 aliphatic rings. The molecular weight excluding hydrogens is 331 g/mol. The summed E-state index contributed by atoms with van der Waals surface area (Å²) in [5.41, 5.74) is 0.817. The molecule has 8 heteroatoms. The molecule has 1 fully saturated rings. The molecule has 0 radical (unpaired) electrons. The molecule has 1 atom stereocenters. The van der Waals surface area contributed by atoms with Crippen LogP contribution in [0.15, 0.2) is 24.5 Å². The van der Waals surface area contributed by atoms with Crippen LogP contribution in [0.2, 0.25) is 6.32 Å². The molecule has 2 aromatic rings. The first-order valence-corrected chi connectivity index (χ1v) is 7.98. The number of benzene rings is 1. The molecule has 0 saturated carbocycles. The minimum absolute atomic E-state index is 0.00275. The highest BCUT2D eigenvalue weighted by Crippen LogP contribution is 2.40. The topological polar surface area (TPSA) is 60.8 Å². The van der Waals surface area contributed by atoms with E-state index in [-0.39, 0.29) is 35.2 Å². The van der Waals surface area contributed by atoms with Crippen molar-refractivity contribution in [3.05, 3.63) is 41.7 Å². The number of ether oxygens (including phenoxy) is 2. The maximum Gasteiger partial charge on any atom is 0.454 e. The molecule has 0 spiro atoms. The molecule has 1 aliphatic heterocycles. The van der Waals surface area contributed by atoms with Crippen molar-refractivity contribution in [2.24, 2.45) is 0 Å². The predicted octanol–water partition coefficient (Wildman–Crippen LogP) is 3.03. The second kappa shape index (κ2) is 7.37. The molecule has 1 saturated heterocycles. The van der Waals surface area contributed by atoms with Crippen LogP contribution in [0.25, 0.3) is 11.1 Å². The Kier molecular flexibility index (Phi) is 5.20. The third-order valence-electron chi connectivity index (χ3n) is 4.14. The Hall–Kier alpha value is -2.19. The second-order valence-corrected chi connectivity index (χ2v) is 5.74. The first-order valence-electron chi connectivity index (χ1n) is 7.98. The summed E-state index contributed by atoms with van der Waals surface area (Å²) >= 11 is 0. The zero-order valence-electron chi connectivity index (χ0n) is 14.0. The van der Waals surface area contributed by atoms with Crippen LogP contribution in [-0.4, -0.2) is 37.4 Å². The van der Waals surface area contributed by atoms with E-state index in [1.807, 2.05) is 0 Å². The smallest absolute Gasteiger partial charge is 0.454 e. The van der Waals surface area contributed by atoms with Crippen LogP contribution in [0, 0.1) is 11.6 Å². The molecule has 0 amide bonds. The van der Waals surface area contributed by atoms with Gasteiger partial charge in [0.25, 0.3) is 0 Å². The number of hydrogen-bond donors (Lipinski definition) is 1. The summed E-state index contributed by atoms with van der Waals surface area (Å²) < 4.78 is 44.8. The minimum atomic E-state index is -0.833. The van der Waals surface area contributed by atoms with Crippen molar-refractivity contribution in [3.63, 3.8) is 0 Å². The quantitative estimate of drug-likeness (QED) is 0.841. The molecule has 132 valence electrons. The number of aromatic nitrogens is 1. The summed E-state index contributed by atoms with van der Waals surface area (Å²) in [5, 5.41) is 9.50. The Morgan fingerprint density at radius 1 is 1.36 bits per heavy atom. The number of methoxy groups -OCH3 is 1. The average Bonchev–Trinajstić information content (AvgIpc) is 3.04. The molecule has 1 N–H and O–H groups in total. The third kappa shape index (κ3) is 3.45. The normalized spacial score (nSPS) is 17.0. The van der Waals surface area contributed by atoms with Gasteiger partial charge in [-0.15, -0.1) is 0 Å². The van der Waals surface area contributed by atoms with Crippen LogP contribution in [0.1, 0.15) is 18.4 Å². The maximum atomic E-state index is 14.9. The van der Waals surface area contributed by atoms with E-state index in [2.05, 4.69) is 4.98 Å². The first-order chi connectivity index (χ1) is 12.0.